The van der Waals surface area contributed by atoms with Crippen molar-refractivity contribution in [2.24, 2.45) is 0 Å². The number of fused-ring (bicyclic) bond motifs is 1. The van der Waals surface area contributed by atoms with Crippen LogP contribution in [0.2, 0.25) is 0 Å². The molecule has 0 aliphatic heterocycles. The van der Waals surface area contributed by atoms with E-state index in [1.807, 2.05) is 41.0 Å². The first-order valence-electron chi connectivity index (χ1n) is 12.2. The first kappa shape index (κ1) is 24.1. The van der Waals surface area contributed by atoms with Gasteiger partial charge in [0.15, 0.2) is 0 Å². The van der Waals surface area contributed by atoms with Crippen molar-refractivity contribution in [2.45, 2.75) is 39.3 Å². The lowest BCUT2D eigenvalue weighted by atomic mass is 9.98. The van der Waals surface area contributed by atoms with Gasteiger partial charge in [-0.15, -0.1) is 10.2 Å². The van der Waals surface area contributed by atoms with Crippen LogP contribution in [-0.4, -0.2) is 47.8 Å². The molecular formula is C27H27N7O3. The Kier molecular flexibility index (Phi) is 6.89. The van der Waals surface area contributed by atoms with E-state index < -0.39 is 5.97 Å². The van der Waals surface area contributed by atoms with Gasteiger partial charge in [0.25, 0.3) is 5.56 Å². The zero-order chi connectivity index (χ0) is 25.8. The molecule has 5 rings (SSSR count). The van der Waals surface area contributed by atoms with E-state index in [1.54, 1.807) is 12.3 Å². The molecule has 3 aromatic heterocycles. The molecule has 2 aromatic carbocycles. The highest BCUT2D eigenvalue weighted by Gasteiger charge is 2.17. The summed E-state index contributed by atoms with van der Waals surface area (Å²) in [5.74, 6) is 0.917. The number of benzene rings is 2. The van der Waals surface area contributed by atoms with E-state index in [-0.39, 0.29) is 12.1 Å². The molecule has 188 valence electrons. The number of unbranched alkanes of at least 4 members (excludes halogenated alkanes) is 1. The SMILES string of the molecule is CCCCc1nc2ccn(CC(=O)OC)c(=O)c2n1Cc1ccc(-c2ccccc2-c2nn[nH]n2)cc1. The number of H-pyrrole nitrogens is 1. The molecule has 0 atom stereocenters. The summed E-state index contributed by atoms with van der Waals surface area (Å²) in [6.07, 6.45) is 4.34. The lowest BCUT2D eigenvalue weighted by molar-refractivity contribution is -0.141. The van der Waals surface area contributed by atoms with Crippen LogP contribution >= 0.6 is 0 Å². The molecule has 5 aromatic rings. The molecule has 0 amide bonds. The fourth-order valence-corrected chi connectivity index (χ4v) is 4.43. The van der Waals surface area contributed by atoms with Crippen LogP contribution in [-0.2, 0) is 29.0 Å². The minimum atomic E-state index is -0.476. The smallest absolute Gasteiger partial charge is 0.325 e. The minimum absolute atomic E-state index is 0.144. The molecule has 10 nitrogen and oxygen atoms in total. The quantitative estimate of drug-likeness (QED) is 0.309. The van der Waals surface area contributed by atoms with Gasteiger partial charge in [-0.1, -0.05) is 61.9 Å². The summed E-state index contributed by atoms with van der Waals surface area (Å²) in [4.78, 5) is 29.9. The number of aryl methyl sites for hydroxylation is 1. The molecule has 0 spiro atoms. The summed E-state index contributed by atoms with van der Waals surface area (Å²) < 4.78 is 8.10. The molecule has 0 saturated carbocycles. The van der Waals surface area contributed by atoms with Crippen molar-refractivity contribution in [1.82, 2.24) is 34.7 Å². The number of hydrogen-bond donors (Lipinski definition) is 1. The Hall–Kier alpha value is -4.60. The molecule has 37 heavy (non-hydrogen) atoms. The van der Waals surface area contributed by atoms with Gasteiger partial charge < -0.3 is 13.9 Å². The average Bonchev–Trinajstić information content (AvgIpc) is 3.58. The van der Waals surface area contributed by atoms with Crippen molar-refractivity contribution in [3.8, 4) is 22.5 Å². The van der Waals surface area contributed by atoms with Gasteiger partial charge in [-0.2, -0.15) is 5.21 Å². The first-order chi connectivity index (χ1) is 18.1. The topological polar surface area (TPSA) is 121 Å². The number of rotatable bonds is 9. The Labute approximate surface area is 212 Å². The highest BCUT2D eigenvalue weighted by molar-refractivity contribution is 5.80. The van der Waals surface area contributed by atoms with Gasteiger partial charge in [0.1, 0.15) is 17.9 Å². The third kappa shape index (κ3) is 4.90. The summed E-state index contributed by atoms with van der Waals surface area (Å²) in [7, 11) is 1.31. The minimum Gasteiger partial charge on any atom is -0.468 e. The fraction of sp³-hybridized carbons (Fsp3) is 0.259. The zero-order valence-electron chi connectivity index (χ0n) is 20.7. The number of aromatic nitrogens is 7. The normalized spacial score (nSPS) is 11.2. The monoisotopic (exact) mass is 497 g/mol. The summed E-state index contributed by atoms with van der Waals surface area (Å²) in [5.41, 5.74) is 4.79. The zero-order valence-corrected chi connectivity index (χ0v) is 20.7. The second-order valence-electron chi connectivity index (χ2n) is 8.75. The van der Waals surface area contributed by atoms with Crippen molar-refractivity contribution < 1.29 is 9.53 Å². The third-order valence-electron chi connectivity index (χ3n) is 6.35. The van der Waals surface area contributed by atoms with E-state index in [1.165, 1.54) is 11.7 Å². The van der Waals surface area contributed by atoms with Crippen molar-refractivity contribution >= 4 is 17.0 Å². The van der Waals surface area contributed by atoms with Crippen molar-refractivity contribution in [2.75, 3.05) is 7.11 Å². The number of aromatic amines is 1. The predicted octanol–water partition coefficient (Wildman–Crippen LogP) is 3.61. The number of esters is 1. The van der Waals surface area contributed by atoms with Crippen LogP contribution in [0.5, 0.6) is 0 Å². The van der Waals surface area contributed by atoms with Crippen LogP contribution in [0.15, 0.2) is 65.6 Å². The number of carbonyl (C=O) groups is 1. The molecule has 3 heterocycles. The standard InChI is InChI=1S/C27H27N7O3/c1-3-4-9-23-28-22-14-15-33(17-24(35)37-2)27(36)25(22)34(23)16-18-10-12-19(13-11-18)20-7-5-6-8-21(20)26-29-31-32-30-26/h5-8,10-15H,3-4,9,16-17H2,1-2H3,(H,29,30,31,32). The van der Waals surface area contributed by atoms with E-state index in [9.17, 15) is 9.59 Å². The summed E-state index contributed by atoms with van der Waals surface area (Å²) >= 11 is 0. The molecule has 0 bridgehead atoms. The molecule has 1 N–H and O–H groups in total. The summed E-state index contributed by atoms with van der Waals surface area (Å²) in [6, 6.07) is 17.9. The Bertz CT molecular complexity index is 1590. The average molecular weight is 498 g/mol. The largest absolute Gasteiger partial charge is 0.468 e. The maximum absolute atomic E-state index is 13.3. The Morgan fingerprint density at radius 3 is 2.54 bits per heavy atom. The van der Waals surface area contributed by atoms with Crippen molar-refractivity contribution in [3.05, 3.63) is 82.5 Å². The van der Waals surface area contributed by atoms with Crippen LogP contribution in [0.25, 0.3) is 33.5 Å². The van der Waals surface area contributed by atoms with E-state index in [0.717, 1.165) is 47.3 Å². The third-order valence-corrected chi connectivity index (χ3v) is 6.35. The second kappa shape index (κ2) is 10.6. The number of hydrogen-bond acceptors (Lipinski definition) is 7. The van der Waals surface area contributed by atoms with Gasteiger partial charge in [0, 0.05) is 24.7 Å². The highest BCUT2D eigenvalue weighted by Crippen LogP contribution is 2.30. The lowest BCUT2D eigenvalue weighted by Crippen LogP contribution is -2.26. The number of nitrogens with one attached hydrogen (secondary N) is 1. The number of carbonyl (C=O) groups excluding carboxylic acids is 1. The molecular weight excluding hydrogens is 470 g/mol. The van der Waals surface area contributed by atoms with Crippen LogP contribution in [0, 0.1) is 0 Å². The van der Waals surface area contributed by atoms with Gasteiger partial charge in [0.05, 0.1) is 12.6 Å². The second-order valence-corrected chi connectivity index (χ2v) is 8.75. The Morgan fingerprint density at radius 1 is 1.05 bits per heavy atom. The number of methoxy groups -OCH3 is 1. The van der Waals surface area contributed by atoms with Crippen LogP contribution in [0.1, 0.15) is 31.2 Å². The summed E-state index contributed by atoms with van der Waals surface area (Å²) in [5, 5.41) is 14.4. The molecule has 0 radical (unpaired) electrons. The maximum Gasteiger partial charge on any atom is 0.325 e. The first-order valence-corrected chi connectivity index (χ1v) is 12.2. The lowest BCUT2D eigenvalue weighted by Gasteiger charge is -2.12. The molecule has 0 saturated heterocycles. The van der Waals surface area contributed by atoms with Gasteiger partial charge in [-0.25, -0.2) is 4.98 Å². The fourth-order valence-electron chi connectivity index (χ4n) is 4.43. The van der Waals surface area contributed by atoms with E-state index in [2.05, 4.69) is 39.7 Å². The van der Waals surface area contributed by atoms with Crippen LogP contribution < -0.4 is 5.56 Å². The Balaban J connectivity index is 1.51. The molecule has 10 heteroatoms. The molecule has 0 unspecified atom stereocenters. The highest BCUT2D eigenvalue weighted by atomic mass is 16.5. The number of tetrazole rings is 1. The van der Waals surface area contributed by atoms with Gasteiger partial charge in [-0.3, -0.25) is 9.59 Å². The van der Waals surface area contributed by atoms with Crippen LogP contribution in [0.4, 0.5) is 0 Å². The number of imidazole rings is 1. The maximum atomic E-state index is 13.3. The number of pyridine rings is 1. The van der Waals surface area contributed by atoms with Crippen molar-refractivity contribution in [1.29, 1.82) is 0 Å². The Morgan fingerprint density at radius 2 is 1.84 bits per heavy atom. The molecule has 0 fully saturated rings. The van der Waals surface area contributed by atoms with E-state index >= 15 is 0 Å². The number of ether oxygens (including phenoxy) is 1. The van der Waals surface area contributed by atoms with Crippen LogP contribution in [0.3, 0.4) is 0 Å². The van der Waals surface area contributed by atoms with Gasteiger partial charge in [-0.05, 0) is 34.4 Å². The predicted molar refractivity (Wildman–Crippen MR) is 139 cm³/mol. The van der Waals surface area contributed by atoms with Crippen molar-refractivity contribution in [3.63, 3.8) is 0 Å². The van der Waals surface area contributed by atoms with E-state index in [0.29, 0.717) is 23.4 Å². The molecule has 0 aliphatic carbocycles. The summed E-state index contributed by atoms with van der Waals surface area (Å²) in [6.45, 7) is 2.47. The van der Waals surface area contributed by atoms with Gasteiger partial charge >= 0.3 is 5.97 Å². The molecule has 0 aliphatic rings. The van der Waals surface area contributed by atoms with Gasteiger partial charge in [0.2, 0.25) is 5.82 Å². The van der Waals surface area contributed by atoms with E-state index in [4.69, 9.17) is 9.72 Å². The number of nitrogens with zero attached hydrogens (tertiary/aromatic N) is 6.